The Morgan fingerprint density at radius 3 is 2.76 bits per heavy atom. The molecule has 3 nitrogen and oxygen atoms in total. The molecule has 1 aliphatic heterocycles. The summed E-state index contributed by atoms with van der Waals surface area (Å²) in [5.74, 6) is 0.389. The first-order valence-electron chi connectivity index (χ1n) is 6.80. The fourth-order valence-electron chi connectivity index (χ4n) is 2.27. The maximum atomic E-state index is 13.0. The lowest BCUT2D eigenvalue weighted by Gasteiger charge is -2.32. The van der Waals surface area contributed by atoms with Crippen molar-refractivity contribution in [2.24, 2.45) is 0 Å². The van der Waals surface area contributed by atoms with Crippen LogP contribution in [0.2, 0.25) is 0 Å². The molecule has 0 saturated heterocycles. The monoisotopic (exact) mass is 350 g/mol. The van der Waals surface area contributed by atoms with Crippen LogP contribution in [0.15, 0.2) is 34.9 Å². The van der Waals surface area contributed by atoms with E-state index in [4.69, 9.17) is 4.74 Å². The molecule has 0 amide bonds. The molecule has 0 unspecified atom stereocenters. The number of rotatable bonds is 2. The van der Waals surface area contributed by atoms with Gasteiger partial charge in [0.1, 0.15) is 16.0 Å². The van der Waals surface area contributed by atoms with Gasteiger partial charge in [0.15, 0.2) is 0 Å². The van der Waals surface area contributed by atoms with E-state index in [1.54, 1.807) is 12.1 Å². The predicted octanol–water partition coefficient (Wildman–Crippen LogP) is 4.16. The van der Waals surface area contributed by atoms with E-state index in [1.165, 1.54) is 12.1 Å². The molecule has 21 heavy (non-hydrogen) atoms. The van der Waals surface area contributed by atoms with Gasteiger partial charge in [-0.2, -0.15) is 0 Å². The lowest BCUT2D eigenvalue weighted by molar-refractivity contribution is 0.109. The highest BCUT2D eigenvalue weighted by Crippen LogP contribution is 2.34. The number of nitrogens with zero attached hydrogens (tertiary/aromatic N) is 1. The van der Waals surface area contributed by atoms with Crippen LogP contribution >= 0.6 is 15.9 Å². The minimum absolute atomic E-state index is 0.223. The number of ether oxygens (including phenoxy) is 1. The molecule has 3 rings (SSSR count). The number of hydrogen-bond donors (Lipinski definition) is 1. The normalized spacial score (nSPS) is 15.8. The van der Waals surface area contributed by atoms with Crippen LogP contribution in [0.5, 0.6) is 5.88 Å². The predicted molar refractivity (Wildman–Crippen MR) is 84.3 cm³/mol. The molecular formula is C16H16BrFN2O. The van der Waals surface area contributed by atoms with Gasteiger partial charge in [0.25, 0.3) is 0 Å². The number of nitrogens with one attached hydrogen (secondary N) is 1. The summed E-state index contributed by atoms with van der Waals surface area (Å²) < 4.78 is 19.6. The van der Waals surface area contributed by atoms with Crippen molar-refractivity contribution in [1.82, 2.24) is 4.98 Å². The molecule has 0 saturated carbocycles. The fourth-order valence-corrected chi connectivity index (χ4v) is 2.69. The van der Waals surface area contributed by atoms with Gasteiger partial charge < -0.3 is 10.1 Å². The average Bonchev–Trinajstić information content (AvgIpc) is 2.42. The van der Waals surface area contributed by atoms with E-state index in [1.807, 2.05) is 19.9 Å². The molecule has 0 bridgehead atoms. The van der Waals surface area contributed by atoms with E-state index < -0.39 is 0 Å². The minimum Gasteiger partial charge on any atom is -0.468 e. The fraction of sp³-hybridized carbons (Fsp3) is 0.312. The number of hydrogen-bond acceptors (Lipinski definition) is 3. The largest absolute Gasteiger partial charge is 0.468 e. The van der Waals surface area contributed by atoms with Gasteiger partial charge in [-0.3, -0.25) is 0 Å². The summed E-state index contributed by atoms with van der Waals surface area (Å²) in [5, 5.41) is 3.35. The molecule has 0 fully saturated rings. The first kappa shape index (κ1) is 14.3. The van der Waals surface area contributed by atoms with Crippen LogP contribution in [-0.2, 0) is 6.42 Å². The summed E-state index contributed by atoms with van der Waals surface area (Å²) in [6.07, 6.45) is 0.687. The molecule has 0 spiro atoms. The van der Waals surface area contributed by atoms with E-state index in [0.717, 1.165) is 28.0 Å². The van der Waals surface area contributed by atoms with Gasteiger partial charge >= 0.3 is 0 Å². The van der Waals surface area contributed by atoms with Crippen molar-refractivity contribution in [2.45, 2.75) is 25.9 Å². The van der Waals surface area contributed by atoms with Crippen molar-refractivity contribution in [1.29, 1.82) is 0 Å². The molecule has 1 N–H and O–H groups in total. The molecule has 1 aliphatic rings. The molecule has 1 aromatic carbocycles. The highest BCUT2D eigenvalue weighted by atomic mass is 79.9. The molecule has 110 valence electrons. The van der Waals surface area contributed by atoms with E-state index in [-0.39, 0.29) is 11.4 Å². The zero-order valence-corrected chi connectivity index (χ0v) is 13.5. The smallest absolute Gasteiger partial charge is 0.239 e. The van der Waals surface area contributed by atoms with E-state index in [9.17, 15) is 4.39 Å². The number of benzene rings is 1. The zero-order valence-electron chi connectivity index (χ0n) is 11.9. The lowest BCUT2D eigenvalue weighted by Crippen LogP contribution is -2.40. The van der Waals surface area contributed by atoms with Crippen LogP contribution < -0.4 is 10.1 Å². The van der Waals surface area contributed by atoms with Crippen molar-refractivity contribution in [3.63, 3.8) is 0 Å². The van der Waals surface area contributed by atoms with Gasteiger partial charge in [-0.1, -0.05) is 12.1 Å². The standard InChI is InChI=1S/C16H16BrFN2O/c1-16(2)9-19-13-8-11(14(17)20-15(13)21-16)7-10-3-5-12(18)6-4-10/h3-6,8,19H,7,9H2,1-2H3. The third-order valence-corrected chi connectivity index (χ3v) is 4.09. The molecule has 0 atom stereocenters. The molecule has 2 aromatic rings. The second-order valence-electron chi connectivity index (χ2n) is 5.81. The second-order valence-corrected chi connectivity index (χ2v) is 6.56. The summed E-state index contributed by atoms with van der Waals surface area (Å²) in [6, 6.07) is 8.55. The quantitative estimate of drug-likeness (QED) is 0.825. The average molecular weight is 351 g/mol. The Morgan fingerprint density at radius 1 is 1.33 bits per heavy atom. The number of anilines is 1. The first-order chi connectivity index (χ1) is 9.93. The van der Waals surface area contributed by atoms with Crippen LogP contribution in [0.1, 0.15) is 25.0 Å². The molecule has 1 aromatic heterocycles. The lowest BCUT2D eigenvalue weighted by atomic mass is 10.0. The van der Waals surface area contributed by atoms with Crippen molar-refractivity contribution >= 4 is 21.6 Å². The molecule has 5 heteroatoms. The summed E-state index contributed by atoms with van der Waals surface area (Å²) >= 11 is 3.49. The maximum Gasteiger partial charge on any atom is 0.239 e. The second kappa shape index (κ2) is 5.30. The van der Waals surface area contributed by atoms with Crippen molar-refractivity contribution < 1.29 is 9.13 Å². The van der Waals surface area contributed by atoms with Gasteiger partial charge in [-0.15, -0.1) is 0 Å². The van der Waals surface area contributed by atoms with Gasteiger partial charge in [-0.05, 0) is 59.1 Å². The molecule has 0 radical (unpaired) electrons. The highest BCUT2D eigenvalue weighted by molar-refractivity contribution is 9.10. The summed E-state index contributed by atoms with van der Waals surface area (Å²) in [4.78, 5) is 4.48. The summed E-state index contributed by atoms with van der Waals surface area (Å²) in [6.45, 7) is 4.77. The summed E-state index contributed by atoms with van der Waals surface area (Å²) in [5.41, 5.74) is 2.71. The first-order valence-corrected chi connectivity index (χ1v) is 7.59. The highest BCUT2D eigenvalue weighted by Gasteiger charge is 2.28. The number of aromatic nitrogens is 1. The Balaban J connectivity index is 1.89. The van der Waals surface area contributed by atoms with E-state index in [0.29, 0.717) is 12.3 Å². The SMILES string of the molecule is CC1(C)CNc2cc(Cc3ccc(F)cc3)c(Br)nc2O1. The third-order valence-electron chi connectivity index (χ3n) is 3.40. The van der Waals surface area contributed by atoms with Crippen LogP contribution in [0.3, 0.4) is 0 Å². The van der Waals surface area contributed by atoms with Gasteiger partial charge in [0, 0.05) is 6.42 Å². The molecule has 2 heterocycles. The Kier molecular flexibility index (Phi) is 3.61. The summed E-state index contributed by atoms with van der Waals surface area (Å²) in [7, 11) is 0. The van der Waals surface area contributed by atoms with Crippen LogP contribution in [0.4, 0.5) is 10.1 Å². The van der Waals surface area contributed by atoms with Crippen molar-refractivity contribution in [3.8, 4) is 5.88 Å². The number of pyridine rings is 1. The minimum atomic E-state index is -0.266. The number of halogens is 2. The Hall–Kier alpha value is -1.62. The van der Waals surface area contributed by atoms with Crippen LogP contribution in [0, 0.1) is 5.82 Å². The Bertz CT molecular complexity index is 671. The Labute approximate surface area is 131 Å². The zero-order chi connectivity index (χ0) is 15.0. The van der Waals surface area contributed by atoms with Crippen LogP contribution in [-0.4, -0.2) is 17.1 Å². The van der Waals surface area contributed by atoms with Crippen molar-refractivity contribution in [3.05, 3.63) is 51.9 Å². The van der Waals surface area contributed by atoms with E-state index in [2.05, 4.69) is 26.2 Å². The number of fused-ring (bicyclic) bond motifs is 1. The van der Waals surface area contributed by atoms with Gasteiger partial charge in [0.2, 0.25) is 5.88 Å². The molecular weight excluding hydrogens is 335 g/mol. The maximum absolute atomic E-state index is 13.0. The van der Waals surface area contributed by atoms with Crippen LogP contribution in [0.25, 0.3) is 0 Å². The van der Waals surface area contributed by atoms with Gasteiger partial charge in [-0.25, -0.2) is 9.37 Å². The van der Waals surface area contributed by atoms with E-state index >= 15 is 0 Å². The van der Waals surface area contributed by atoms with Gasteiger partial charge in [0.05, 0.1) is 12.2 Å². The van der Waals surface area contributed by atoms with Crippen molar-refractivity contribution in [2.75, 3.05) is 11.9 Å². The molecule has 0 aliphatic carbocycles. The Morgan fingerprint density at radius 2 is 2.05 bits per heavy atom. The topological polar surface area (TPSA) is 34.2 Å². The third kappa shape index (κ3) is 3.18.